The van der Waals surface area contributed by atoms with Crippen LogP contribution in [0.5, 0.6) is 0 Å². The number of carbonyl (C=O) groups excluding carboxylic acids is 1. The van der Waals surface area contributed by atoms with Crippen molar-refractivity contribution < 1.29 is 4.79 Å². The third-order valence-corrected chi connectivity index (χ3v) is 3.05. The van der Waals surface area contributed by atoms with Crippen molar-refractivity contribution in [2.45, 2.75) is 26.7 Å². The van der Waals surface area contributed by atoms with E-state index >= 15 is 0 Å². The summed E-state index contributed by atoms with van der Waals surface area (Å²) < 4.78 is 0. The van der Waals surface area contributed by atoms with Crippen molar-refractivity contribution in [3.8, 4) is 0 Å². The van der Waals surface area contributed by atoms with E-state index in [2.05, 4.69) is 20.5 Å². The predicted molar refractivity (Wildman–Crippen MR) is 73.0 cm³/mol. The summed E-state index contributed by atoms with van der Waals surface area (Å²) in [5.41, 5.74) is 2.79. The maximum atomic E-state index is 12.1. The van der Waals surface area contributed by atoms with E-state index in [-0.39, 0.29) is 5.91 Å². The Morgan fingerprint density at radius 3 is 2.68 bits per heavy atom. The van der Waals surface area contributed by atoms with Crippen LogP contribution in [0, 0.1) is 13.8 Å². The fraction of sp³-hybridized carbons (Fsp3) is 0.357. The third-order valence-electron chi connectivity index (χ3n) is 3.05. The molecule has 0 aliphatic carbocycles. The minimum atomic E-state index is -0.00632. The summed E-state index contributed by atoms with van der Waals surface area (Å²) in [5, 5.41) is 9.53. The molecule has 0 aliphatic heterocycles. The van der Waals surface area contributed by atoms with Gasteiger partial charge in [-0.05, 0) is 31.4 Å². The van der Waals surface area contributed by atoms with E-state index in [1.807, 2.05) is 32.0 Å². The van der Waals surface area contributed by atoms with Gasteiger partial charge in [-0.15, -0.1) is 0 Å². The second kappa shape index (κ2) is 6.13. The highest BCUT2D eigenvalue weighted by atomic mass is 16.1. The van der Waals surface area contributed by atoms with Crippen LogP contribution in [0.15, 0.2) is 24.5 Å². The first-order chi connectivity index (χ1) is 9.18. The molecule has 0 atom stereocenters. The van der Waals surface area contributed by atoms with Gasteiger partial charge in [0, 0.05) is 18.5 Å². The van der Waals surface area contributed by atoms with Gasteiger partial charge in [-0.2, -0.15) is 5.10 Å². The number of hydrogen-bond donors (Lipinski definition) is 2. The Bertz CT molecular complexity index is 528. The van der Waals surface area contributed by atoms with Gasteiger partial charge in [-0.3, -0.25) is 9.89 Å². The topological polar surface area (TPSA) is 70.7 Å². The van der Waals surface area contributed by atoms with Gasteiger partial charge in [0.25, 0.3) is 5.91 Å². The van der Waals surface area contributed by atoms with Crippen molar-refractivity contribution in [1.29, 1.82) is 0 Å². The summed E-state index contributed by atoms with van der Waals surface area (Å²) in [6.07, 6.45) is 3.11. The molecule has 2 N–H and O–H groups in total. The van der Waals surface area contributed by atoms with Crippen molar-refractivity contribution in [1.82, 2.24) is 20.5 Å². The first kappa shape index (κ1) is 13.3. The van der Waals surface area contributed by atoms with Crippen LogP contribution in [0.4, 0.5) is 0 Å². The van der Waals surface area contributed by atoms with Crippen LogP contribution in [-0.2, 0) is 6.42 Å². The van der Waals surface area contributed by atoms with Gasteiger partial charge in [0.2, 0.25) is 0 Å². The Kier molecular flexibility index (Phi) is 4.28. The standard InChI is InChI=1S/C14H18N4O/c1-10-5-3-6-11(2)13(10)14(19)15-8-4-7-12-16-9-17-18-12/h3,5-6,9H,4,7-8H2,1-2H3,(H,15,19)(H,16,17,18). The Morgan fingerprint density at radius 2 is 2.05 bits per heavy atom. The lowest BCUT2D eigenvalue weighted by atomic mass is 10.0. The quantitative estimate of drug-likeness (QED) is 0.803. The summed E-state index contributed by atoms with van der Waals surface area (Å²) in [7, 11) is 0. The number of H-pyrrole nitrogens is 1. The second-order valence-corrected chi connectivity index (χ2v) is 4.56. The molecule has 5 heteroatoms. The van der Waals surface area contributed by atoms with E-state index in [4.69, 9.17) is 0 Å². The van der Waals surface area contributed by atoms with E-state index < -0.39 is 0 Å². The molecule has 0 spiro atoms. The van der Waals surface area contributed by atoms with Crippen LogP contribution >= 0.6 is 0 Å². The Hall–Kier alpha value is -2.17. The zero-order valence-corrected chi connectivity index (χ0v) is 11.2. The van der Waals surface area contributed by atoms with Crippen molar-refractivity contribution in [2.24, 2.45) is 0 Å². The van der Waals surface area contributed by atoms with Crippen LogP contribution in [-0.4, -0.2) is 27.6 Å². The molecule has 100 valence electrons. The number of aryl methyl sites for hydroxylation is 3. The van der Waals surface area contributed by atoms with Gasteiger partial charge < -0.3 is 5.32 Å². The number of carbonyl (C=O) groups is 1. The van der Waals surface area contributed by atoms with E-state index in [0.29, 0.717) is 6.54 Å². The number of aromatic amines is 1. The molecule has 5 nitrogen and oxygen atoms in total. The summed E-state index contributed by atoms with van der Waals surface area (Å²) in [6, 6.07) is 5.87. The van der Waals surface area contributed by atoms with Crippen molar-refractivity contribution in [3.63, 3.8) is 0 Å². The van der Waals surface area contributed by atoms with Crippen LogP contribution < -0.4 is 5.32 Å². The molecule has 0 saturated carbocycles. The Balaban J connectivity index is 1.84. The number of nitrogens with zero attached hydrogens (tertiary/aromatic N) is 2. The Labute approximate surface area is 112 Å². The van der Waals surface area contributed by atoms with Crippen LogP contribution in [0.2, 0.25) is 0 Å². The molecular formula is C14H18N4O. The largest absolute Gasteiger partial charge is 0.352 e. The molecule has 1 amide bonds. The fourth-order valence-corrected chi connectivity index (χ4v) is 2.07. The highest BCUT2D eigenvalue weighted by Gasteiger charge is 2.10. The molecule has 0 saturated heterocycles. The number of aromatic nitrogens is 3. The lowest BCUT2D eigenvalue weighted by Crippen LogP contribution is -2.26. The molecule has 1 heterocycles. The normalized spacial score (nSPS) is 10.4. The van der Waals surface area contributed by atoms with Crippen molar-refractivity contribution in [3.05, 3.63) is 47.0 Å². The second-order valence-electron chi connectivity index (χ2n) is 4.56. The monoisotopic (exact) mass is 258 g/mol. The zero-order chi connectivity index (χ0) is 13.7. The van der Waals surface area contributed by atoms with Crippen LogP contribution in [0.25, 0.3) is 0 Å². The summed E-state index contributed by atoms with van der Waals surface area (Å²) >= 11 is 0. The van der Waals surface area contributed by atoms with Crippen LogP contribution in [0.3, 0.4) is 0 Å². The molecule has 0 radical (unpaired) electrons. The van der Waals surface area contributed by atoms with E-state index in [1.54, 1.807) is 0 Å². The molecular weight excluding hydrogens is 240 g/mol. The van der Waals surface area contributed by atoms with Crippen LogP contribution in [0.1, 0.15) is 33.7 Å². The molecule has 0 unspecified atom stereocenters. The number of amides is 1. The van der Waals surface area contributed by atoms with Crippen molar-refractivity contribution >= 4 is 5.91 Å². The summed E-state index contributed by atoms with van der Waals surface area (Å²) in [5.74, 6) is 0.842. The lowest BCUT2D eigenvalue weighted by molar-refractivity contribution is 0.0952. The maximum absolute atomic E-state index is 12.1. The van der Waals surface area contributed by atoms with Gasteiger partial charge in [0.05, 0.1) is 0 Å². The van der Waals surface area contributed by atoms with Gasteiger partial charge in [-0.1, -0.05) is 18.2 Å². The first-order valence-corrected chi connectivity index (χ1v) is 6.37. The SMILES string of the molecule is Cc1cccc(C)c1C(=O)NCCCc1ncn[nH]1. The molecule has 1 aromatic heterocycles. The molecule has 0 aliphatic rings. The van der Waals surface area contributed by atoms with Gasteiger partial charge in [0.15, 0.2) is 0 Å². The van der Waals surface area contributed by atoms with Gasteiger partial charge >= 0.3 is 0 Å². The molecule has 1 aromatic carbocycles. The first-order valence-electron chi connectivity index (χ1n) is 6.37. The van der Waals surface area contributed by atoms with Crippen molar-refractivity contribution in [2.75, 3.05) is 6.54 Å². The molecule has 2 aromatic rings. The zero-order valence-electron chi connectivity index (χ0n) is 11.2. The smallest absolute Gasteiger partial charge is 0.251 e. The summed E-state index contributed by atoms with van der Waals surface area (Å²) in [4.78, 5) is 16.1. The average Bonchev–Trinajstić information content (AvgIpc) is 2.87. The average molecular weight is 258 g/mol. The highest BCUT2D eigenvalue weighted by Crippen LogP contribution is 2.12. The number of nitrogens with one attached hydrogen (secondary N) is 2. The third kappa shape index (κ3) is 3.40. The summed E-state index contributed by atoms with van der Waals surface area (Å²) in [6.45, 7) is 4.54. The molecule has 0 bridgehead atoms. The van der Waals surface area contributed by atoms with Gasteiger partial charge in [0.1, 0.15) is 12.2 Å². The Morgan fingerprint density at radius 1 is 1.32 bits per heavy atom. The maximum Gasteiger partial charge on any atom is 0.251 e. The number of benzene rings is 1. The fourth-order valence-electron chi connectivity index (χ4n) is 2.07. The number of hydrogen-bond acceptors (Lipinski definition) is 3. The highest BCUT2D eigenvalue weighted by molar-refractivity contribution is 5.97. The van der Waals surface area contributed by atoms with E-state index in [0.717, 1.165) is 35.4 Å². The molecule has 0 fully saturated rings. The van der Waals surface area contributed by atoms with E-state index in [1.165, 1.54) is 6.33 Å². The minimum Gasteiger partial charge on any atom is -0.352 e. The van der Waals surface area contributed by atoms with Gasteiger partial charge in [-0.25, -0.2) is 4.98 Å². The lowest BCUT2D eigenvalue weighted by Gasteiger charge is -2.09. The predicted octanol–water partition coefficient (Wildman–Crippen LogP) is 1.78. The number of rotatable bonds is 5. The molecule has 2 rings (SSSR count). The minimum absolute atomic E-state index is 0.00632. The molecule has 19 heavy (non-hydrogen) atoms. The van der Waals surface area contributed by atoms with E-state index in [9.17, 15) is 4.79 Å².